The number of benzene rings is 2. The first kappa shape index (κ1) is 15.9. The van der Waals surface area contributed by atoms with Crippen LogP contribution >= 0.6 is 0 Å². The zero-order chi connectivity index (χ0) is 16.8. The summed E-state index contributed by atoms with van der Waals surface area (Å²) >= 11 is 0. The number of carbonyl (C=O) groups excluding carboxylic acids is 1. The highest BCUT2D eigenvalue weighted by molar-refractivity contribution is 6.04. The predicted molar refractivity (Wildman–Crippen MR) is 89.9 cm³/mol. The topological polar surface area (TPSA) is 69.8 Å². The predicted octanol–water partition coefficient (Wildman–Crippen LogP) is 3.09. The fourth-order valence-corrected chi connectivity index (χ4v) is 2.24. The molecule has 0 aliphatic heterocycles. The van der Waals surface area contributed by atoms with E-state index in [2.05, 4.69) is 20.8 Å². The Bertz CT molecular complexity index is 783. The molecule has 3 N–H and O–H groups in total. The van der Waals surface area contributed by atoms with Crippen LogP contribution < -0.4 is 10.6 Å². The number of carbonyl (C=O) groups is 1. The third kappa shape index (κ3) is 4.27. The molecule has 3 aromatic rings. The van der Waals surface area contributed by atoms with Crippen LogP contribution in [0.15, 0.2) is 60.8 Å². The van der Waals surface area contributed by atoms with E-state index >= 15 is 0 Å². The number of amides is 1. The summed E-state index contributed by atoms with van der Waals surface area (Å²) < 4.78 is 12.9. The van der Waals surface area contributed by atoms with E-state index in [-0.39, 0.29) is 11.7 Å². The average Bonchev–Trinajstić information content (AvgIpc) is 3.11. The van der Waals surface area contributed by atoms with E-state index in [4.69, 9.17) is 0 Å². The second-order valence-corrected chi connectivity index (χ2v) is 5.34. The van der Waals surface area contributed by atoms with E-state index in [1.165, 1.54) is 24.3 Å². The Morgan fingerprint density at radius 3 is 2.42 bits per heavy atom. The Morgan fingerprint density at radius 2 is 1.75 bits per heavy atom. The molecule has 6 heteroatoms. The van der Waals surface area contributed by atoms with Crippen molar-refractivity contribution < 1.29 is 9.18 Å². The van der Waals surface area contributed by atoms with Gasteiger partial charge in [-0.15, -0.1) is 0 Å². The molecule has 0 aliphatic carbocycles. The number of hydrogen-bond donors (Lipinski definition) is 3. The third-order valence-corrected chi connectivity index (χ3v) is 3.52. The van der Waals surface area contributed by atoms with E-state index in [1.807, 2.05) is 18.2 Å². The van der Waals surface area contributed by atoms with Crippen LogP contribution in [0.1, 0.15) is 21.6 Å². The minimum absolute atomic E-state index is 0.224. The molecule has 0 atom stereocenters. The van der Waals surface area contributed by atoms with Crippen molar-refractivity contribution in [2.24, 2.45) is 0 Å². The van der Waals surface area contributed by atoms with Crippen molar-refractivity contribution in [2.75, 3.05) is 5.32 Å². The van der Waals surface area contributed by atoms with Crippen LogP contribution in [0.25, 0.3) is 0 Å². The molecule has 1 amide bonds. The number of nitrogens with zero attached hydrogens (tertiary/aromatic N) is 1. The Morgan fingerprint density at radius 1 is 1.00 bits per heavy atom. The molecule has 24 heavy (non-hydrogen) atoms. The highest BCUT2D eigenvalue weighted by atomic mass is 19.1. The van der Waals surface area contributed by atoms with Gasteiger partial charge in [-0.05, 0) is 48.0 Å². The molecule has 0 saturated carbocycles. The highest BCUT2D eigenvalue weighted by Gasteiger charge is 2.06. The van der Waals surface area contributed by atoms with Crippen molar-refractivity contribution in [3.63, 3.8) is 0 Å². The van der Waals surface area contributed by atoms with Gasteiger partial charge in [-0.1, -0.05) is 12.1 Å². The van der Waals surface area contributed by atoms with Crippen molar-refractivity contribution >= 4 is 11.6 Å². The van der Waals surface area contributed by atoms with Gasteiger partial charge in [0.2, 0.25) is 0 Å². The second-order valence-electron chi connectivity index (χ2n) is 5.34. The Balaban J connectivity index is 1.53. The highest BCUT2D eigenvalue weighted by Crippen LogP contribution is 2.11. The summed E-state index contributed by atoms with van der Waals surface area (Å²) in [5.74, 6) is -0.557. The van der Waals surface area contributed by atoms with E-state index in [9.17, 15) is 9.18 Å². The lowest BCUT2D eigenvalue weighted by Crippen LogP contribution is -2.14. The average molecular weight is 324 g/mol. The number of halogens is 1. The molecule has 0 saturated heterocycles. The minimum Gasteiger partial charge on any atom is -0.322 e. The maximum absolute atomic E-state index is 12.9. The fraction of sp³-hybridized carbons (Fsp3) is 0.111. The second kappa shape index (κ2) is 7.52. The van der Waals surface area contributed by atoms with Crippen molar-refractivity contribution in [1.29, 1.82) is 0 Å². The number of rotatable bonds is 6. The standard InChI is InChI=1S/C18H17FN4O/c19-15-5-7-16(8-6-15)22-18(24)14-3-1-13(2-4-14)11-20-12-17-9-10-21-23-17/h1-10,20H,11-12H2,(H,21,23)(H,22,24). The lowest BCUT2D eigenvalue weighted by Gasteiger charge is -2.07. The quantitative estimate of drug-likeness (QED) is 0.652. The normalized spacial score (nSPS) is 10.5. The number of nitrogens with one attached hydrogen (secondary N) is 3. The Labute approximate surface area is 138 Å². The van der Waals surface area contributed by atoms with Gasteiger partial charge in [0.15, 0.2) is 0 Å². The van der Waals surface area contributed by atoms with Gasteiger partial charge in [-0.2, -0.15) is 5.10 Å². The van der Waals surface area contributed by atoms with Crippen LogP contribution in [0, 0.1) is 5.82 Å². The summed E-state index contributed by atoms with van der Waals surface area (Å²) in [6, 6.07) is 14.9. The van der Waals surface area contributed by atoms with Crippen molar-refractivity contribution in [3.05, 3.63) is 83.4 Å². The molecule has 0 aliphatic rings. The first-order chi connectivity index (χ1) is 11.7. The molecule has 0 fully saturated rings. The van der Waals surface area contributed by atoms with Crippen LogP contribution in [0.5, 0.6) is 0 Å². The molecule has 2 aromatic carbocycles. The SMILES string of the molecule is O=C(Nc1ccc(F)cc1)c1ccc(CNCc2ccn[nH]2)cc1. The van der Waals surface area contributed by atoms with E-state index in [1.54, 1.807) is 18.3 Å². The van der Waals surface area contributed by atoms with Crippen LogP contribution in [-0.2, 0) is 13.1 Å². The Hall–Kier alpha value is -2.99. The monoisotopic (exact) mass is 324 g/mol. The van der Waals surface area contributed by atoms with Gasteiger partial charge in [-0.3, -0.25) is 9.89 Å². The largest absolute Gasteiger partial charge is 0.322 e. The van der Waals surface area contributed by atoms with Gasteiger partial charge in [0, 0.05) is 36.2 Å². The summed E-state index contributed by atoms with van der Waals surface area (Å²) in [5.41, 5.74) is 3.21. The molecule has 0 radical (unpaired) electrons. The molecule has 0 spiro atoms. The van der Waals surface area contributed by atoms with Gasteiger partial charge in [-0.25, -0.2) is 4.39 Å². The maximum atomic E-state index is 12.9. The maximum Gasteiger partial charge on any atom is 0.255 e. The zero-order valence-electron chi connectivity index (χ0n) is 12.9. The first-order valence-corrected chi connectivity index (χ1v) is 7.55. The van der Waals surface area contributed by atoms with Gasteiger partial charge >= 0.3 is 0 Å². The summed E-state index contributed by atoms with van der Waals surface area (Å²) in [5, 5.41) is 12.8. The molecule has 0 bridgehead atoms. The summed E-state index contributed by atoms with van der Waals surface area (Å²) in [6.45, 7) is 1.39. The first-order valence-electron chi connectivity index (χ1n) is 7.55. The Kier molecular flexibility index (Phi) is 4.98. The number of aromatic nitrogens is 2. The summed E-state index contributed by atoms with van der Waals surface area (Å²) in [4.78, 5) is 12.1. The van der Waals surface area contributed by atoms with Crippen molar-refractivity contribution in [2.45, 2.75) is 13.1 Å². The fourth-order valence-electron chi connectivity index (χ4n) is 2.24. The molecular weight excluding hydrogens is 307 g/mol. The number of aromatic amines is 1. The minimum atomic E-state index is -0.333. The van der Waals surface area contributed by atoms with Crippen LogP contribution in [0.4, 0.5) is 10.1 Å². The molecule has 1 heterocycles. The zero-order valence-corrected chi connectivity index (χ0v) is 12.9. The lowest BCUT2D eigenvalue weighted by atomic mass is 10.1. The molecule has 122 valence electrons. The van der Waals surface area contributed by atoms with Crippen molar-refractivity contribution in [1.82, 2.24) is 15.5 Å². The van der Waals surface area contributed by atoms with Crippen LogP contribution in [0.3, 0.4) is 0 Å². The van der Waals surface area contributed by atoms with Gasteiger partial charge in [0.25, 0.3) is 5.91 Å². The van der Waals surface area contributed by atoms with Gasteiger partial charge in [0.1, 0.15) is 5.82 Å². The van der Waals surface area contributed by atoms with E-state index in [0.29, 0.717) is 24.3 Å². The van der Waals surface area contributed by atoms with Crippen LogP contribution in [-0.4, -0.2) is 16.1 Å². The van der Waals surface area contributed by atoms with Gasteiger partial charge < -0.3 is 10.6 Å². The molecular formula is C18H17FN4O. The van der Waals surface area contributed by atoms with Crippen LogP contribution in [0.2, 0.25) is 0 Å². The smallest absolute Gasteiger partial charge is 0.255 e. The molecule has 5 nitrogen and oxygen atoms in total. The summed E-state index contributed by atoms with van der Waals surface area (Å²) in [7, 11) is 0. The molecule has 0 unspecified atom stereocenters. The van der Waals surface area contributed by atoms with Crippen molar-refractivity contribution in [3.8, 4) is 0 Å². The summed E-state index contributed by atoms with van der Waals surface area (Å²) in [6.07, 6.45) is 1.71. The number of hydrogen-bond acceptors (Lipinski definition) is 3. The number of H-pyrrole nitrogens is 1. The van der Waals surface area contributed by atoms with E-state index in [0.717, 1.165) is 11.3 Å². The molecule has 3 rings (SSSR count). The molecule has 1 aromatic heterocycles. The van der Waals surface area contributed by atoms with E-state index < -0.39 is 0 Å². The third-order valence-electron chi connectivity index (χ3n) is 3.52. The number of anilines is 1. The lowest BCUT2D eigenvalue weighted by molar-refractivity contribution is 0.102. The van der Waals surface area contributed by atoms with Gasteiger partial charge in [0.05, 0.1) is 0 Å².